The molecule has 3 aromatic rings. The molecule has 2 N–H and O–H groups in total. The maximum Gasteiger partial charge on any atom is 0.264 e. The van der Waals surface area contributed by atoms with Crippen molar-refractivity contribution in [2.24, 2.45) is 0 Å². The smallest absolute Gasteiger partial charge is 0.264 e. The van der Waals surface area contributed by atoms with Gasteiger partial charge in [0.15, 0.2) is 11.6 Å². The molecule has 0 aliphatic rings. The van der Waals surface area contributed by atoms with Gasteiger partial charge in [0.05, 0.1) is 28.8 Å². The lowest BCUT2D eigenvalue weighted by molar-refractivity contribution is -0.115. The minimum absolute atomic E-state index is 0.00876. The van der Waals surface area contributed by atoms with Crippen LogP contribution in [0, 0.1) is 17.1 Å². The monoisotopic (exact) mass is 523 g/mol. The minimum Gasteiger partial charge on any atom is -0.453 e. The van der Waals surface area contributed by atoms with Gasteiger partial charge in [-0.05, 0) is 43.4 Å². The molecule has 1 amide bonds. The van der Waals surface area contributed by atoms with Crippen molar-refractivity contribution < 1.29 is 31.1 Å². The van der Waals surface area contributed by atoms with Crippen molar-refractivity contribution in [2.75, 3.05) is 12.4 Å². The van der Waals surface area contributed by atoms with Crippen LogP contribution in [0.1, 0.15) is 23.1 Å². The molecule has 0 heterocycles. The molecule has 0 spiro atoms. The van der Waals surface area contributed by atoms with E-state index in [-0.39, 0.29) is 32.5 Å². The van der Waals surface area contributed by atoms with E-state index < -0.39 is 45.9 Å². The van der Waals surface area contributed by atoms with Crippen LogP contribution < -0.4 is 14.8 Å². The van der Waals surface area contributed by atoms with E-state index in [0.29, 0.717) is 0 Å². The molecule has 7 nitrogen and oxygen atoms in total. The van der Waals surface area contributed by atoms with Crippen LogP contribution in [-0.4, -0.2) is 21.4 Å². The molecule has 0 bridgehead atoms. The summed E-state index contributed by atoms with van der Waals surface area (Å²) < 4.78 is 73.3. The van der Waals surface area contributed by atoms with Crippen LogP contribution in [-0.2, 0) is 21.2 Å². The summed E-state index contributed by atoms with van der Waals surface area (Å²) in [7, 11) is -2.65. The average molecular weight is 524 g/mol. The number of hydrogen-bond donors (Lipinski definition) is 2. The van der Waals surface area contributed by atoms with Gasteiger partial charge in [-0.3, -0.25) is 4.79 Å². The van der Waals surface area contributed by atoms with E-state index in [9.17, 15) is 22.0 Å². The van der Waals surface area contributed by atoms with E-state index in [2.05, 4.69) is 10.0 Å². The number of ether oxygens (including phenoxy) is 1. The molecule has 0 aliphatic heterocycles. The Kier molecular flexibility index (Phi) is 8.01. The number of nitriles is 1. The summed E-state index contributed by atoms with van der Waals surface area (Å²) in [6.45, 7) is 0. The van der Waals surface area contributed by atoms with E-state index in [0.717, 1.165) is 18.2 Å². The second kappa shape index (κ2) is 10.8. The molecule has 0 aliphatic carbocycles. The van der Waals surface area contributed by atoms with Crippen LogP contribution in [0.15, 0.2) is 59.5 Å². The Morgan fingerprint density at radius 3 is 2.54 bits per heavy atom. The average Bonchev–Trinajstić information content (AvgIpc) is 2.83. The zero-order valence-corrected chi connectivity index (χ0v) is 19.6. The fourth-order valence-electron chi connectivity index (χ4n) is 3.07. The number of amides is 1. The van der Waals surface area contributed by atoms with Crippen molar-refractivity contribution in [1.29, 1.82) is 5.26 Å². The number of anilines is 1. The normalized spacial score (nSPS) is 11.2. The van der Waals surface area contributed by atoms with Crippen LogP contribution in [0.25, 0.3) is 0 Å². The number of para-hydroxylation sites is 1. The highest BCUT2D eigenvalue weighted by atomic mass is 35.5. The largest absolute Gasteiger partial charge is 0.453 e. The number of halogens is 4. The van der Waals surface area contributed by atoms with Crippen LogP contribution in [0.5, 0.6) is 11.5 Å². The third-order valence-corrected chi connectivity index (χ3v) is 6.50. The zero-order chi connectivity index (χ0) is 25.8. The third-order valence-electron chi connectivity index (χ3n) is 4.73. The zero-order valence-electron chi connectivity index (χ0n) is 18.0. The van der Waals surface area contributed by atoms with Gasteiger partial charge in [0.25, 0.3) is 6.43 Å². The number of nitrogens with one attached hydrogen (secondary N) is 2. The Morgan fingerprint density at radius 2 is 1.89 bits per heavy atom. The van der Waals surface area contributed by atoms with Crippen molar-refractivity contribution in [3.63, 3.8) is 0 Å². The first kappa shape index (κ1) is 26.0. The van der Waals surface area contributed by atoms with Crippen molar-refractivity contribution in [3.8, 4) is 17.6 Å². The second-order valence-electron chi connectivity index (χ2n) is 7.08. The summed E-state index contributed by atoms with van der Waals surface area (Å²) in [5.41, 5.74) is -0.784. The summed E-state index contributed by atoms with van der Waals surface area (Å²) in [5.74, 6) is -2.52. The highest BCUT2D eigenvalue weighted by molar-refractivity contribution is 7.89. The topological polar surface area (TPSA) is 108 Å². The molecule has 0 fully saturated rings. The third kappa shape index (κ3) is 6.10. The summed E-state index contributed by atoms with van der Waals surface area (Å²) in [5, 5.41) is 11.3. The molecule has 0 saturated heterocycles. The Bertz CT molecular complexity index is 1430. The van der Waals surface area contributed by atoms with Gasteiger partial charge in [-0.15, -0.1) is 0 Å². The second-order valence-corrected chi connectivity index (χ2v) is 9.35. The summed E-state index contributed by atoms with van der Waals surface area (Å²) in [6, 6.07) is 12.9. The molecule has 12 heteroatoms. The quantitative estimate of drug-likeness (QED) is 0.423. The predicted octanol–water partition coefficient (Wildman–Crippen LogP) is 5.17. The van der Waals surface area contributed by atoms with Gasteiger partial charge < -0.3 is 10.1 Å². The maximum atomic E-state index is 15.2. The Hall–Kier alpha value is -3.59. The number of sulfonamides is 1. The number of alkyl halides is 2. The molecule has 0 atom stereocenters. The SMILES string of the molecule is CNS(=O)(=O)c1ccccc1NC(=O)Cc1ccc(Cl)c(Oc2cc(C#N)cc(C(F)F)c2)c1F. The fourth-order valence-corrected chi connectivity index (χ4v) is 4.15. The Balaban J connectivity index is 1.88. The fraction of sp³-hybridized carbons (Fsp3) is 0.130. The van der Waals surface area contributed by atoms with Crippen LogP contribution in [0.4, 0.5) is 18.9 Å². The number of rotatable bonds is 8. The predicted molar refractivity (Wildman–Crippen MR) is 123 cm³/mol. The highest BCUT2D eigenvalue weighted by Crippen LogP contribution is 2.36. The highest BCUT2D eigenvalue weighted by Gasteiger charge is 2.21. The lowest BCUT2D eigenvalue weighted by Crippen LogP contribution is -2.22. The van der Waals surface area contributed by atoms with E-state index in [1.807, 2.05) is 0 Å². The molecule has 0 aromatic heterocycles. The van der Waals surface area contributed by atoms with Gasteiger partial charge in [-0.2, -0.15) is 5.26 Å². The first-order valence-electron chi connectivity index (χ1n) is 9.86. The molecule has 0 saturated carbocycles. The van der Waals surface area contributed by atoms with Gasteiger partial charge in [-0.25, -0.2) is 26.3 Å². The first-order valence-corrected chi connectivity index (χ1v) is 11.7. The molecule has 3 rings (SSSR count). The lowest BCUT2D eigenvalue weighted by atomic mass is 10.1. The van der Waals surface area contributed by atoms with E-state index >= 15 is 4.39 Å². The summed E-state index contributed by atoms with van der Waals surface area (Å²) in [4.78, 5) is 12.4. The number of nitrogens with zero attached hydrogens (tertiary/aromatic N) is 1. The van der Waals surface area contributed by atoms with Crippen LogP contribution in [0.3, 0.4) is 0 Å². The van der Waals surface area contributed by atoms with Crippen molar-refractivity contribution in [2.45, 2.75) is 17.7 Å². The molecule has 182 valence electrons. The molecule has 0 radical (unpaired) electrons. The Morgan fingerprint density at radius 1 is 1.17 bits per heavy atom. The van der Waals surface area contributed by atoms with E-state index in [1.165, 1.54) is 43.4 Å². The Labute approximate surface area is 204 Å². The van der Waals surface area contributed by atoms with E-state index in [4.69, 9.17) is 21.6 Å². The van der Waals surface area contributed by atoms with Crippen LogP contribution in [0.2, 0.25) is 5.02 Å². The molecule has 0 unspecified atom stereocenters. The summed E-state index contributed by atoms with van der Waals surface area (Å²) in [6.07, 6.45) is -3.41. The minimum atomic E-state index is -3.87. The van der Waals surface area contributed by atoms with E-state index in [1.54, 1.807) is 6.07 Å². The first-order chi connectivity index (χ1) is 16.6. The van der Waals surface area contributed by atoms with Gasteiger partial charge >= 0.3 is 0 Å². The molecule has 3 aromatic carbocycles. The van der Waals surface area contributed by atoms with Crippen molar-refractivity contribution in [3.05, 3.63) is 82.1 Å². The molecular weight excluding hydrogens is 507 g/mol. The van der Waals surface area contributed by atoms with Gasteiger partial charge in [-0.1, -0.05) is 29.8 Å². The lowest BCUT2D eigenvalue weighted by Gasteiger charge is -2.14. The maximum absolute atomic E-state index is 15.2. The number of carbonyl (C=O) groups is 1. The molecule has 35 heavy (non-hydrogen) atoms. The molecular formula is C23H17ClF3N3O4S. The standard InChI is InChI=1S/C23H17ClF3N3O4S/c1-29-35(32,33)19-5-3-2-4-18(19)30-20(31)11-14-6-7-17(24)22(21(14)25)34-16-9-13(12-28)8-15(10-16)23(26)27/h2-10,23,29H,11H2,1H3,(H,30,31). The number of hydrogen-bond acceptors (Lipinski definition) is 5. The van der Waals surface area contributed by atoms with Gasteiger partial charge in [0.2, 0.25) is 15.9 Å². The van der Waals surface area contributed by atoms with Crippen molar-refractivity contribution >= 4 is 33.2 Å². The van der Waals surface area contributed by atoms with Gasteiger partial charge in [0, 0.05) is 11.1 Å². The summed E-state index contributed by atoms with van der Waals surface area (Å²) >= 11 is 6.03. The van der Waals surface area contributed by atoms with Crippen molar-refractivity contribution in [1.82, 2.24) is 4.72 Å². The number of benzene rings is 3. The van der Waals surface area contributed by atoms with Gasteiger partial charge in [0.1, 0.15) is 10.6 Å². The van der Waals surface area contributed by atoms with Crippen LogP contribution >= 0.6 is 11.6 Å². The number of carbonyl (C=O) groups excluding carboxylic acids is 1.